The van der Waals surface area contributed by atoms with Crippen LogP contribution in [0.4, 0.5) is 14.6 Å². The van der Waals surface area contributed by atoms with Crippen LogP contribution in [0.1, 0.15) is 23.2 Å². The molecule has 0 aromatic carbocycles. The molecule has 0 amide bonds. The van der Waals surface area contributed by atoms with Crippen molar-refractivity contribution in [3.63, 3.8) is 0 Å². The Kier molecular flexibility index (Phi) is 3.51. The van der Waals surface area contributed by atoms with E-state index in [9.17, 15) is 8.78 Å². The number of alkyl halides is 2. The van der Waals surface area contributed by atoms with Crippen LogP contribution >= 0.6 is 12.2 Å². The molecule has 1 aromatic rings. The minimum atomic E-state index is -2.43. The zero-order valence-electron chi connectivity index (χ0n) is 9.17. The van der Waals surface area contributed by atoms with E-state index in [0.29, 0.717) is 11.4 Å². The quantitative estimate of drug-likeness (QED) is 0.809. The Morgan fingerprint density at radius 1 is 1.53 bits per heavy atom. The summed E-state index contributed by atoms with van der Waals surface area (Å²) in [5, 5.41) is 2.60. The summed E-state index contributed by atoms with van der Waals surface area (Å²) in [6.45, 7) is -0.443. The molecule has 0 fully saturated rings. The van der Waals surface area contributed by atoms with Crippen LogP contribution in [-0.4, -0.2) is 22.9 Å². The van der Waals surface area contributed by atoms with Crippen molar-refractivity contribution in [2.75, 3.05) is 11.9 Å². The summed E-state index contributed by atoms with van der Waals surface area (Å²) >= 11 is 4.91. The molecule has 0 saturated heterocycles. The zero-order chi connectivity index (χ0) is 12.4. The summed E-state index contributed by atoms with van der Waals surface area (Å²) < 4.78 is 24.3. The fourth-order valence-corrected chi connectivity index (χ4v) is 2.12. The fourth-order valence-electron chi connectivity index (χ4n) is 1.97. The molecule has 1 aliphatic rings. The number of nitrogens with zero attached hydrogens (tertiary/aromatic N) is 1. The average Bonchev–Trinajstić information content (AvgIpc) is 2.71. The second-order valence-corrected chi connectivity index (χ2v) is 4.42. The molecular formula is C11H13F2N3S. The molecule has 0 bridgehead atoms. The molecule has 17 heavy (non-hydrogen) atoms. The van der Waals surface area contributed by atoms with Gasteiger partial charge in [0.05, 0.1) is 12.1 Å². The predicted octanol–water partition coefficient (Wildman–Crippen LogP) is 1.88. The molecule has 3 nitrogen and oxygen atoms in total. The number of hydrogen-bond acceptors (Lipinski definition) is 3. The van der Waals surface area contributed by atoms with Crippen molar-refractivity contribution in [2.24, 2.45) is 5.73 Å². The van der Waals surface area contributed by atoms with E-state index in [0.717, 1.165) is 30.5 Å². The van der Waals surface area contributed by atoms with Gasteiger partial charge in [0, 0.05) is 5.69 Å². The molecule has 92 valence electrons. The van der Waals surface area contributed by atoms with Crippen LogP contribution in [0.5, 0.6) is 0 Å². The summed E-state index contributed by atoms with van der Waals surface area (Å²) in [5.74, 6) is 0.374. The number of nitrogens with two attached hydrogens (primary N) is 1. The number of fused-ring (bicyclic) bond motifs is 1. The molecule has 3 N–H and O–H groups in total. The fraction of sp³-hybridized carbons (Fsp3) is 0.455. The Labute approximate surface area is 103 Å². The van der Waals surface area contributed by atoms with Gasteiger partial charge in [0.15, 0.2) is 0 Å². The minimum absolute atomic E-state index is 0.184. The molecule has 0 spiro atoms. The lowest BCUT2D eigenvalue weighted by molar-refractivity contribution is 0.163. The normalized spacial score (nSPS) is 13.8. The largest absolute Gasteiger partial charge is 0.389 e. The van der Waals surface area contributed by atoms with E-state index in [1.54, 1.807) is 0 Å². The highest BCUT2D eigenvalue weighted by Gasteiger charge is 2.18. The standard InChI is InChI=1S/C11H13F2N3S/c12-9(13)5-15-11-7(10(14)17)4-6-2-1-3-8(6)16-11/h4,9H,1-3,5H2,(H2,14,17)(H,15,16). The molecule has 0 radical (unpaired) electrons. The average molecular weight is 257 g/mol. The van der Waals surface area contributed by atoms with Crippen molar-refractivity contribution in [3.05, 3.63) is 22.9 Å². The second-order valence-electron chi connectivity index (χ2n) is 3.98. The van der Waals surface area contributed by atoms with Crippen molar-refractivity contribution >= 4 is 23.0 Å². The second kappa shape index (κ2) is 4.91. The Morgan fingerprint density at radius 3 is 2.94 bits per heavy atom. The lowest BCUT2D eigenvalue weighted by atomic mass is 10.1. The molecule has 0 atom stereocenters. The van der Waals surface area contributed by atoms with Crippen molar-refractivity contribution in [1.29, 1.82) is 0 Å². The van der Waals surface area contributed by atoms with Gasteiger partial charge in [0.1, 0.15) is 10.8 Å². The first-order valence-corrected chi connectivity index (χ1v) is 5.83. The monoisotopic (exact) mass is 257 g/mol. The van der Waals surface area contributed by atoms with Gasteiger partial charge < -0.3 is 11.1 Å². The van der Waals surface area contributed by atoms with E-state index in [2.05, 4.69) is 10.3 Å². The van der Waals surface area contributed by atoms with Crippen LogP contribution in [-0.2, 0) is 12.8 Å². The summed E-state index contributed by atoms with van der Waals surface area (Å²) in [6, 6.07) is 1.87. The van der Waals surface area contributed by atoms with Gasteiger partial charge in [-0.15, -0.1) is 0 Å². The third kappa shape index (κ3) is 2.69. The van der Waals surface area contributed by atoms with E-state index in [4.69, 9.17) is 18.0 Å². The lowest BCUT2D eigenvalue weighted by Crippen LogP contribution is -2.18. The van der Waals surface area contributed by atoms with Crippen LogP contribution in [0.15, 0.2) is 6.07 Å². The van der Waals surface area contributed by atoms with Gasteiger partial charge in [-0.25, -0.2) is 13.8 Å². The highest BCUT2D eigenvalue weighted by Crippen LogP contribution is 2.25. The van der Waals surface area contributed by atoms with E-state index in [1.807, 2.05) is 6.07 Å². The zero-order valence-corrected chi connectivity index (χ0v) is 9.99. The molecule has 1 heterocycles. The van der Waals surface area contributed by atoms with E-state index >= 15 is 0 Å². The molecular weight excluding hydrogens is 244 g/mol. The molecule has 6 heteroatoms. The van der Waals surface area contributed by atoms with Crippen molar-refractivity contribution < 1.29 is 8.78 Å². The molecule has 1 aliphatic carbocycles. The summed E-state index contributed by atoms with van der Waals surface area (Å²) in [7, 11) is 0. The molecule has 2 rings (SSSR count). The maximum atomic E-state index is 12.2. The number of rotatable bonds is 4. The highest BCUT2D eigenvalue weighted by atomic mass is 32.1. The van der Waals surface area contributed by atoms with Crippen LogP contribution < -0.4 is 11.1 Å². The highest BCUT2D eigenvalue weighted by molar-refractivity contribution is 7.80. The first-order chi connectivity index (χ1) is 8.08. The maximum absolute atomic E-state index is 12.2. The third-order valence-electron chi connectivity index (χ3n) is 2.74. The van der Waals surface area contributed by atoms with Gasteiger partial charge in [-0.2, -0.15) is 0 Å². The van der Waals surface area contributed by atoms with Gasteiger partial charge in [0.2, 0.25) is 0 Å². The van der Waals surface area contributed by atoms with E-state index in [1.165, 1.54) is 0 Å². The van der Waals surface area contributed by atoms with Crippen molar-refractivity contribution in [1.82, 2.24) is 4.98 Å². The number of halogens is 2. The summed E-state index contributed by atoms with van der Waals surface area (Å²) in [5.41, 5.74) is 8.22. The number of nitrogens with one attached hydrogen (secondary N) is 1. The molecule has 0 aliphatic heterocycles. The Hall–Kier alpha value is -1.30. The van der Waals surface area contributed by atoms with Gasteiger partial charge in [-0.05, 0) is 30.9 Å². The number of aromatic nitrogens is 1. The molecule has 0 unspecified atom stereocenters. The summed E-state index contributed by atoms with van der Waals surface area (Å²) in [6.07, 6.45) is 0.449. The maximum Gasteiger partial charge on any atom is 0.255 e. The lowest BCUT2D eigenvalue weighted by Gasteiger charge is -2.12. The van der Waals surface area contributed by atoms with Crippen LogP contribution in [0.3, 0.4) is 0 Å². The Bertz CT molecular complexity index is 449. The van der Waals surface area contributed by atoms with Crippen molar-refractivity contribution in [2.45, 2.75) is 25.7 Å². The van der Waals surface area contributed by atoms with E-state index < -0.39 is 13.0 Å². The van der Waals surface area contributed by atoms with Gasteiger partial charge >= 0.3 is 0 Å². The van der Waals surface area contributed by atoms with E-state index in [-0.39, 0.29) is 4.99 Å². The van der Waals surface area contributed by atoms with Gasteiger partial charge in [-0.1, -0.05) is 12.2 Å². The number of aryl methyl sites for hydroxylation is 2. The minimum Gasteiger partial charge on any atom is -0.389 e. The van der Waals surface area contributed by atoms with Crippen LogP contribution in [0, 0.1) is 0 Å². The first kappa shape index (κ1) is 12.2. The number of pyridine rings is 1. The number of anilines is 1. The molecule has 1 aromatic heterocycles. The Balaban J connectivity index is 2.31. The van der Waals surface area contributed by atoms with Gasteiger partial charge in [0.25, 0.3) is 6.43 Å². The first-order valence-electron chi connectivity index (χ1n) is 5.42. The number of thiocarbonyl (C=S) groups is 1. The predicted molar refractivity (Wildman–Crippen MR) is 66.6 cm³/mol. The topological polar surface area (TPSA) is 50.9 Å². The van der Waals surface area contributed by atoms with Gasteiger partial charge in [-0.3, -0.25) is 0 Å². The van der Waals surface area contributed by atoms with Crippen LogP contribution in [0.25, 0.3) is 0 Å². The number of hydrogen-bond donors (Lipinski definition) is 2. The Morgan fingerprint density at radius 2 is 2.29 bits per heavy atom. The summed E-state index contributed by atoms with van der Waals surface area (Å²) in [4.78, 5) is 4.52. The van der Waals surface area contributed by atoms with Crippen molar-refractivity contribution in [3.8, 4) is 0 Å². The molecule has 0 saturated carbocycles. The van der Waals surface area contributed by atoms with Crippen LogP contribution in [0.2, 0.25) is 0 Å². The SMILES string of the molecule is NC(=S)c1cc2c(nc1NCC(F)F)CCC2. The third-order valence-corrected chi connectivity index (χ3v) is 2.96. The smallest absolute Gasteiger partial charge is 0.255 e.